The highest BCUT2D eigenvalue weighted by atomic mass is 32.2. The minimum Gasteiger partial charge on any atom is -0.481 e. The topological polar surface area (TPSA) is 159 Å². The van der Waals surface area contributed by atoms with E-state index in [1.54, 1.807) is 6.92 Å². The van der Waals surface area contributed by atoms with Gasteiger partial charge in [0.15, 0.2) is 5.78 Å². The number of rotatable bonds is 12. The summed E-state index contributed by atoms with van der Waals surface area (Å²) in [5, 5.41) is 14.5. The summed E-state index contributed by atoms with van der Waals surface area (Å²) in [5.41, 5.74) is -1.37. The van der Waals surface area contributed by atoms with Crippen molar-refractivity contribution in [3.05, 3.63) is 0 Å². The normalized spacial score (nSPS) is 26.5. The molecule has 176 valence electrons. The Bertz CT molecular complexity index is 855. The fraction of sp³-hybridized carbons (Fsp3) is 0.800. The molecule has 2 fully saturated rings. The van der Waals surface area contributed by atoms with Crippen LogP contribution in [0.15, 0.2) is 0 Å². The number of amides is 1. The van der Waals surface area contributed by atoms with Gasteiger partial charge in [-0.15, -0.1) is 0 Å². The molecule has 4 N–H and O–H groups in total. The van der Waals surface area contributed by atoms with Gasteiger partial charge in [0.25, 0.3) is 0 Å². The van der Waals surface area contributed by atoms with Gasteiger partial charge in [-0.05, 0) is 31.1 Å². The van der Waals surface area contributed by atoms with E-state index in [0.29, 0.717) is 12.8 Å². The summed E-state index contributed by atoms with van der Waals surface area (Å²) in [4.78, 5) is 47.3. The summed E-state index contributed by atoms with van der Waals surface area (Å²) in [6.07, 6.45) is 1.19. The first-order chi connectivity index (χ1) is 14.2. The quantitative estimate of drug-likeness (QED) is 0.313. The molecular formula is C20H33N3O7S. The van der Waals surface area contributed by atoms with E-state index in [2.05, 4.69) is 15.4 Å². The zero-order valence-electron chi connectivity index (χ0n) is 18.5. The van der Waals surface area contributed by atoms with Crippen LogP contribution in [0.1, 0.15) is 53.4 Å². The number of carbonyl (C=O) groups excluding carboxylic acids is 3. The van der Waals surface area contributed by atoms with Gasteiger partial charge in [0.1, 0.15) is 5.78 Å². The van der Waals surface area contributed by atoms with Gasteiger partial charge in [0, 0.05) is 31.3 Å². The molecule has 0 aliphatic heterocycles. The second kappa shape index (κ2) is 9.33. The number of hydrogen-bond acceptors (Lipinski definition) is 7. The number of hydrogen-bond donors (Lipinski definition) is 4. The van der Waals surface area contributed by atoms with E-state index in [4.69, 9.17) is 5.11 Å². The van der Waals surface area contributed by atoms with E-state index >= 15 is 0 Å². The average molecular weight is 460 g/mol. The Morgan fingerprint density at radius 2 is 1.90 bits per heavy atom. The van der Waals surface area contributed by atoms with Crippen LogP contribution in [0.4, 0.5) is 0 Å². The van der Waals surface area contributed by atoms with E-state index in [1.165, 1.54) is 6.92 Å². The molecule has 2 aliphatic rings. The first-order valence-corrected chi connectivity index (χ1v) is 12.1. The molecule has 4 atom stereocenters. The van der Waals surface area contributed by atoms with Gasteiger partial charge in [-0.1, -0.05) is 13.8 Å². The zero-order valence-corrected chi connectivity index (χ0v) is 19.3. The Labute approximate surface area is 183 Å². The van der Waals surface area contributed by atoms with Crippen molar-refractivity contribution < 1.29 is 32.7 Å². The molecule has 2 rings (SSSR count). The minimum atomic E-state index is -3.94. The lowest BCUT2D eigenvalue weighted by molar-refractivity contribution is -0.139. The molecule has 0 aromatic heterocycles. The Morgan fingerprint density at radius 3 is 2.39 bits per heavy atom. The van der Waals surface area contributed by atoms with Gasteiger partial charge in [-0.3, -0.25) is 19.2 Å². The van der Waals surface area contributed by atoms with Gasteiger partial charge in [-0.2, -0.15) is 0 Å². The van der Waals surface area contributed by atoms with Crippen LogP contribution in [0, 0.1) is 16.7 Å². The van der Waals surface area contributed by atoms with Crippen LogP contribution in [-0.2, 0) is 29.2 Å². The Hall–Kier alpha value is -1.85. The number of fused-ring (bicyclic) bond motifs is 2. The average Bonchev–Trinajstić information content (AvgIpc) is 2.96. The van der Waals surface area contributed by atoms with Crippen molar-refractivity contribution in [3.8, 4) is 0 Å². The fourth-order valence-electron chi connectivity index (χ4n) is 4.98. The summed E-state index contributed by atoms with van der Waals surface area (Å²) in [6, 6.07) is -1.46. The number of carboxylic acid groups (broad SMARTS) is 1. The van der Waals surface area contributed by atoms with Crippen molar-refractivity contribution in [3.63, 3.8) is 0 Å². The second-order valence-corrected chi connectivity index (χ2v) is 11.2. The Morgan fingerprint density at radius 1 is 1.26 bits per heavy atom. The molecule has 31 heavy (non-hydrogen) atoms. The first-order valence-electron chi connectivity index (χ1n) is 10.5. The van der Waals surface area contributed by atoms with Crippen molar-refractivity contribution in [2.24, 2.45) is 16.7 Å². The van der Waals surface area contributed by atoms with E-state index in [9.17, 15) is 27.6 Å². The molecule has 0 saturated heterocycles. The highest BCUT2D eigenvalue weighted by Crippen LogP contribution is 2.64. The smallest absolute Gasteiger partial charge is 0.305 e. The highest BCUT2D eigenvalue weighted by Gasteiger charge is 2.65. The molecule has 2 aliphatic carbocycles. The molecule has 0 aromatic rings. The van der Waals surface area contributed by atoms with Gasteiger partial charge in [-0.25, -0.2) is 13.1 Å². The molecular weight excluding hydrogens is 426 g/mol. The first kappa shape index (κ1) is 25.4. The molecule has 1 amide bonds. The number of aliphatic carboxylic acids is 1. The molecule has 2 bridgehead atoms. The third kappa shape index (κ3) is 5.69. The van der Waals surface area contributed by atoms with Gasteiger partial charge in [0.05, 0.1) is 24.8 Å². The molecule has 0 radical (unpaired) electrons. The van der Waals surface area contributed by atoms with Gasteiger partial charge < -0.3 is 15.7 Å². The summed E-state index contributed by atoms with van der Waals surface area (Å²) < 4.78 is 27.7. The number of carbonyl (C=O) groups is 4. The lowest BCUT2D eigenvalue weighted by Crippen LogP contribution is -2.50. The molecule has 0 spiro atoms. The van der Waals surface area contributed by atoms with Crippen molar-refractivity contribution >= 4 is 33.5 Å². The minimum absolute atomic E-state index is 0.0390. The molecule has 10 nitrogen and oxygen atoms in total. The number of nitrogens with one attached hydrogen (secondary N) is 3. The van der Waals surface area contributed by atoms with Crippen molar-refractivity contribution in [2.45, 2.75) is 65.5 Å². The molecule has 2 saturated carbocycles. The zero-order chi connectivity index (χ0) is 23.6. The second-order valence-electron chi connectivity index (χ2n) is 9.37. The maximum Gasteiger partial charge on any atom is 0.305 e. The summed E-state index contributed by atoms with van der Waals surface area (Å²) >= 11 is 0. The largest absolute Gasteiger partial charge is 0.481 e. The van der Waals surface area contributed by atoms with Crippen LogP contribution < -0.4 is 15.4 Å². The lowest BCUT2D eigenvalue weighted by atomic mass is 9.70. The number of carboxylic acids is 1. The number of sulfonamides is 1. The third-order valence-corrected chi connectivity index (χ3v) is 8.39. The van der Waals surface area contributed by atoms with Crippen molar-refractivity contribution in [2.75, 3.05) is 18.8 Å². The van der Waals surface area contributed by atoms with E-state index < -0.39 is 51.6 Å². The molecule has 11 heteroatoms. The maximum absolute atomic E-state index is 12.7. The van der Waals surface area contributed by atoms with Gasteiger partial charge in [0.2, 0.25) is 15.9 Å². The van der Waals surface area contributed by atoms with Crippen molar-refractivity contribution in [1.82, 2.24) is 15.4 Å². The number of ketones is 2. The molecule has 0 aromatic carbocycles. The number of Topliss-reactive ketones (excluding diaryl/α,β-unsaturated/α-hetero) is 2. The van der Waals surface area contributed by atoms with E-state index in [-0.39, 0.29) is 35.9 Å². The van der Waals surface area contributed by atoms with Crippen LogP contribution >= 0.6 is 0 Å². The summed E-state index contributed by atoms with van der Waals surface area (Å²) in [7, 11) is -3.94. The highest BCUT2D eigenvalue weighted by molar-refractivity contribution is 7.89. The Kier molecular flexibility index (Phi) is 7.65. The standard InChI is InChI=1S/C20H33N3O7S/c1-12(23-13(2)24)9-21-15(8-18(27)28)16(25)10-22-31(29,30)11-20-6-5-14(7-17(20)26)19(20,3)4/h12,14-15,21-22H,5-11H2,1-4H3,(H,23,24)(H,27,28)/t12?,14?,15?,20-/m1/s1. The monoisotopic (exact) mass is 459 g/mol. The van der Waals surface area contributed by atoms with Crippen molar-refractivity contribution in [1.29, 1.82) is 0 Å². The van der Waals surface area contributed by atoms with Crippen LogP contribution in [0.5, 0.6) is 0 Å². The predicted octanol–water partition coefficient (Wildman–Crippen LogP) is -0.172. The fourth-order valence-corrected chi connectivity index (χ4v) is 6.77. The summed E-state index contributed by atoms with van der Waals surface area (Å²) in [5.74, 6) is -2.34. The third-order valence-electron chi connectivity index (χ3n) is 6.93. The maximum atomic E-state index is 12.7. The van der Waals surface area contributed by atoms with E-state index in [1.807, 2.05) is 13.8 Å². The SMILES string of the molecule is CC(=O)NC(C)CNC(CC(=O)O)C(=O)CNS(=O)(=O)C[C@]12CCC(CC1=O)C2(C)C. The summed E-state index contributed by atoms with van der Waals surface area (Å²) in [6.45, 7) is 6.46. The van der Waals surface area contributed by atoms with Gasteiger partial charge >= 0.3 is 5.97 Å². The van der Waals surface area contributed by atoms with E-state index in [0.717, 1.165) is 6.42 Å². The van der Waals surface area contributed by atoms with Crippen LogP contribution in [0.3, 0.4) is 0 Å². The van der Waals surface area contributed by atoms with Crippen LogP contribution in [0.2, 0.25) is 0 Å². The lowest BCUT2D eigenvalue weighted by Gasteiger charge is -2.36. The predicted molar refractivity (Wildman–Crippen MR) is 113 cm³/mol. The molecule has 3 unspecified atom stereocenters. The molecule has 0 heterocycles. The Balaban J connectivity index is 1.99. The van der Waals surface area contributed by atoms with Crippen LogP contribution in [-0.4, -0.2) is 67.9 Å². The van der Waals surface area contributed by atoms with Crippen LogP contribution in [0.25, 0.3) is 0 Å².